The highest BCUT2D eigenvalue weighted by Gasteiger charge is 2.10. The van der Waals surface area contributed by atoms with Crippen molar-refractivity contribution in [3.05, 3.63) is 23.8 Å². The molecule has 102 valence electrons. The number of likely N-dealkylation sites (N-methyl/N-ethyl adjacent to an activating group) is 1. The second-order valence-electron chi connectivity index (χ2n) is 4.46. The van der Waals surface area contributed by atoms with Crippen LogP contribution in [0.25, 0.3) is 0 Å². The van der Waals surface area contributed by atoms with Gasteiger partial charge in [0.2, 0.25) is 0 Å². The maximum absolute atomic E-state index is 9.76. The van der Waals surface area contributed by atoms with E-state index >= 15 is 0 Å². The van der Waals surface area contributed by atoms with Crippen LogP contribution in [0.5, 0.6) is 5.75 Å². The molecule has 4 nitrogen and oxygen atoms in total. The Balaban J connectivity index is 2.76. The Morgan fingerprint density at radius 1 is 1.44 bits per heavy atom. The molecule has 1 aromatic rings. The zero-order valence-corrected chi connectivity index (χ0v) is 11.5. The van der Waals surface area contributed by atoms with Crippen molar-refractivity contribution >= 4 is 5.69 Å². The summed E-state index contributed by atoms with van der Waals surface area (Å²) in [5, 5.41) is 9.76. The van der Waals surface area contributed by atoms with Gasteiger partial charge in [0, 0.05) is 19.3 Å². The number of nitrogens with two attached hydrogens (primary N) is 1. The summed E-state index contributed by atoms with van der Waals surface area (Å²) < 4.78 is 5.31. The second kappa shape index (κ2) is 7.24. The minimum Gasteiger partial charge on any atom is -0.496 e. The molecule has 18 heavy (non-hydrogen) atoms. The highest BCUT2D eigenvalue weighted by atomic mass is 16.5. The zero-order valence-electron chi connectivity index (χ0n) is 11.5. The van der Waals surface area contributed by atoms with E-state index in [9.17, 15) is 5.11 Å². The summed E-state index contributed by atoms with van der Waals surface area (Å²) >= 11 is 0. The Hall–Kier alpha value is -1.26. The number of ether oxygens (including phenoxy) is 1. The summed E-state index contributed by atoms with van der Waals surface area (Å²) in [6.07, 6.45) is 1.17. The molecule has 1 unspecified atom stereocenters. The Kier molecular flexibility index (Phi) is 5.95. The van der Waals surface area contributed by atoms with Crippen LogP contribution in [0.1, 0.15) is 18.9 Å². The lowest BCUT2D eigenvalue weighted by Gasteiger charge is -2.23. The SMILES string of the molecule is CCc1cc(N(C)CC(O)CCN)ccc1OC. The highest BCUT2D eigenvalue weighted by molar-refractivity contribution is 5.52. The Morgan fingerprint density at radius 3 is 2.72 bits per heavy atom. The van der Waals surface area contributed by atoms with Crippen LogP contribution >= 0.6 is 0 Å². The van der Waals surface area contributed by atoms with Crippen LogP contribution in [-0.2, 0) is 6.42 Å². The third-order valence-corrected chi connectivity index (χ3v) is 3.07. The van der Waals surface area contributed by atoms with E-state index in [0.717, 1.165) is 17.9 Å². The summed E-state index contributed by atoms with van der Waals surface area (Å²) in [5.74, 6) is 0.914. The first-order chi connectivity index (χ1) is 8.62. The van der Waals surface area contributed by atoms with Crippen molar-refractivity contribution in [1.82, 2.24) is 0 Å². The minimum absolute atomic E-state index is 0.382. The first-order valence-electron chi connectivity index (χ1n) is 6.38. The maximum atomic E-state index is 9.76. The molecule has 0 saturated carbocycles. The maximum Gasteiger partial charge on any atom is 0.122 e. The predicted molar refractivity (Wildman–Crippen MR) is 75.3 cm³/mol. The number of nitrogens with zero attached hydrogens (tertiary/aromatic N) is 1. The second-order valence-corrected chi connectivity index (χ2v) is 4.46. The molecule has 3 N–H and O–H groups in total. The number of rotatable bonds is 7. The third kappa shape index (κ3) is 3.89. The summed E-state index contributed by atoms with van der Waals surface area (Å²) in [5.41, 5.74) is 7.70. The standard InChI is InChI=1S/C14H24N2O2/c1-4-11-9-12(5-6-14(11)18-3)16(2)10-13(17)7-8-15/h5-6,9,13,17H,4,7-8,10,15H2,1-3H3. The van der Waals surface area contributed by atoms with Crippen molar-refractivity contribution in [3.63, 3.8) is 0 Å². The van der Waals surface area contributed by atoms with Crippen molar-refractivity contribution in [3.8, 4) is 5.75 Å². The van der Waals surface area contributed by atoms with Crippen molar-refractivity contribution in [2.24, 2.45) is 5.73 Å². The van der Waals surface area contributed by atoms with E-state index in [0.29, 0.717) is 19.5 Å². The number of benzene rings is 1. The molecule has 0 aliphatic carbocycles. The lowest BCUT2D eigenvalue weighted by atomic mass is 10.1. The van der Waals surface area contributed by atoms with E-state index in [1.54, 1.807) is 7.11 Å². The monoisotopic (exact) mass is 252 g/mol. The molecule has 0 aromatic heterocycles. The molecule has 0 radical (unpaired) electrons. The van der Waals surface area contributed by atoms with Gasteiger partial charge >= 0.3 is 0 Å². The van der Waals surface area contributed by atoms with Crippen molar-refractivity contribution < 1.29 is 9.84 Å². The summed E-state index contributed by atoms with van der Waals surface area (Å²) in [6, 6.07) is 6.08. The third-order valence-electron chi connectivity index (χ3n) is 3.07. The van der Waals surface area contributed by atoms with E-state index in [2.05, 4.69) is 13.0 Å². The van der Waals surface area contributed by atoms with Gasteiger partial charge in [-0.25, -0.2) is 0 Å². The fourth-order valence-electron chi connectivity index (χ4n) is 1.98. The zero-order chi connectivity index (χ0) is 13.5. The number of hydrogen-bond donors (Lipinski definition) is 2. The Morgan fingerprint density at radius 2 is 2.17 bits per heavy atom. The predicted octanol–water partition coefficient (Wildman–Crippen LogP) is 1.40. The molecular formula is C14H24N2O2. The molecular weight excluding hydrogens is 228 g/mol. The van der Waals surface area contributed by atoms with Crippen molar-refractivity contribution in [1.29, 1.82) is 0 Å². The summed E-state index contributed by atoms with van der Waals surface area (Å²) in [7, 11) is 3.66. The lowest BCUT2D eigenvalue weighted by molar-refractivity contribution is 0.174. The van der Waals surface area contributed by atoms with E-state index in [-0.39, 0.29) is 6.10 Å². The number of anilines is 1. The smallest absolute Gasteiger partial charge is 0.122 e. The van der Waals surface area contributed by atoms with Gasteiger partial charge in [0.1, 0.15) is 5.75 Å². The van der Waals surface area contributed by atoms with Gasteiger partial charge in [-0.05, 0) is 43.1 Å². The average molecular weight is 252 g/mol. The average Bonchev–Trinajstić information content (AvgIpc) is 2.38. The van der Waals surface area contributed by atoms with Gasteiger partial charge < -0.3 is 20.5 Å². The van der Waals surface area contributed by atoms with Crippen LogP contribution in [0.15, 0.2) is 18.2 Å². The van der Waals surface area contributed by atoms with Gasteiger partial charge in [0.25, 0.3) is 0 Å². The van der Waals surface area contributed by atoms with Gasteiger partial charge in [-0.2, -0.15) is 0 Å². The normalized spacial score (nSPS) is 12.3. The number of methoxy groups -OCH3 is 1. The van der Waals surface area contributed by atoms with E-state index in [1.165, 1.54) is 5.56 Å². The van der Waals surface area contributed by atoms with Gasteiger partial charge in [-0.1, -0.05) is 6.92 Å². The fraction of sp³-hybridized carbons (Fsp3) is 0.571. The van der Waals surface area contributed by atoms with Crippen LogP contribution in [0.2, 0.25) is 0 Å². The number of aryl methyl sites for hydroxylation is 1. The molecule has 0 saturated heterocycles. The molecule has 1 atom stereocenters. The molecule has 4 heteroatoms. The Bertz CT molecular complexity index is 369. The molecule has 0 fully saturated rings. The fourth-order valence-corrected chi connectivity index (χ4v) is 1.98. The number of aliphatic hydroxyl groups is 1. The van der Waals surface area contributed by atoms with Crippen molar-refractivity contribution in [2.45, 2.75) is 25.9 Å². The summed E-state index contributed by atoms with van der Waals surface area (Å²) in [4.78, 5) is 2.04. The van der Waals surface area contributed by atoms with Gasteiger partial charge in [0.05, 0.1) is 13.2 Å². The lowest BCUT2D eigenvalue weighted by Crippen LogP contribution is -2.30. The topological polar surface area (TPSA) is 58.7 Å². The first-order valence-corrected chi connectivity index (χ1v) is 6.38. The molecule has 1 rings (SSSR count). The Labute approximate surface area is 109 Å². The van der Waals surface area contributed by atoms with Gasteiger partial charge in [-0.3, -0.25) is 0 Å². The number of aliphatic hydroxyl groups excluding tert-OH is 1. The van der Waals surface area contributed by atoms with Crippen LogP contribution in [-0.4, -0.2) is 38.5 Å². The van der Waals surface area contributed by atoms with Crippen LogP contribution < -0.4 is 15.4 Å². The minimum atomic E-state index is -0.382. The molecule has 0 bridgehead atoms. The molecule has 0 aliphatic rings. The van der Waals surface area contributed by atoms with Gasteiger partial charge in [0.15, 0.2) is 0 Å². The van der Waals surface area contributed by atoms with E-state index in [1.807, 2.05) is 24.1 Å². The van der Waals surface area contributed by atoms with E-state index < -0.39 is 0 Å². The molecule has 1 aromatic carbocycles. The largest absolute Gasteiger partial charge is 0.496 e. The van der Waals surface area contributed by atoms with Crippen LogP contribution in [0.3, 0.4) is 0 Å². The molecule has 0 amide bonds. The van der Waals surface area contributed by atoms with E-state index in [4.69, 9.17) is 10.5 Å². The van der Waals surface area contributed by atoms with Crippen LogP contribution in [0.4, 0.5) is 5.69 Å². The summed E-state index contributed by atoms with van der Waals surface area (Å²) in [6.45, 7) is 3.20. The highest BCUT2D eigenvalue weighted by Crippen LogP contribution is 2.25. The quantitative estimate of drug-likeness (QED) is 0.770. The molecule has 0 spiro atoms. The number of hydrogen-bond acceptors (Lipinski definition) is 4. The molecule has 0 aliphatic heterocycles. The van der Waals surface area contributed by atoms with Crippen LogP contribution in [0, 0.1) is 0 Å². The van der Waals surface area contributed by atoms with Gasteiger partial charge in [-0.15, -0.1) is 0 Å². The van der Waals surface area contributed by atoms with Crippen molar-refractivity contribution in [2.75, 3.05) is 32.1 Å². The molecule has 0 heterocycles. The first kappa shape index (κ1) is 14.8.